The van der Waals surface area contributed by atoms with Crippen LogP contribution in [0.1, 0.15) is 6.42 Å². The fraction of sp³-hybridized carbons (Fsp3) is 0.800. The van der Waals surface area contributed by atoms with E-state index < -0.39 is 18.6 Å². The molecule has 0 saturated carbocycles. The molecular weight excluding hydrogens is 125 g/mol. The van der Waals surface area contributed by atoms with Gasteiger partial charge in [-0.2, -0.15) is 0 Å². The van der Waals surface area contributed by atoms with Gasteiger partial charge in [0.1, 0.15) is 6.17 Å². The minimum atomic E-state index is -1.27. The summed E-state index contributed by atoms with van der Waals surface area (Å²) >= 11 is 0. The summed E-state index contributed by atoms with van der Waals surface area (Å²) in [5.74, 6) is -1.10. The van der Waals surface area contributed by atoms with Gasteiger partial charge in [-0.15, -0.1) is 0 Å². The maximum Gasteiger partial charge on any atom is 0.306 e. The number of halogens is 1. The molecule has 0 aromatic carbocycles. The normalized spacial score (nSPS) is 13.1. The van der Waals surface area contributed by atoms with E-state index in [0.717, 1.165) is 0 Å². The molecule has 0 rings (SSSR count). The van der Waals surface area contributed by atoms with E-state index in [9.17, 15) is 9.18 Å². The second-order valence-corrected chi connectivity index (χ2v) is 1.75. The Balaban J connectivity index is 3.26. The summed E-state index contributed by atoms with van der Waals surface area (Å²) in [4.78, 5) is 9.82. The van der Waals surface area contributed by atoms with Crippen molar-refractivity contribution in [1.82, 2.24) is 5.32 Å². The zero-order valence-electron chi connectivity index (χ0n) is 5.22. The van der Waals surface area contributed by atoms with Crippen molar-refractivity contribution in [3.8, 4) is 0 Å². The highest BCUT2D eigenvalue weighted by Crippen LogP contribution is 1.94. The van der Waals surface area contributed by atoms with Gasteiger partial charge in [0.25, 0.3) is 0 Å². The lowest BCUT2D eigenvalue weighted by atomic mass is 10.3. The minimum absolute atomic E-state index is 0.103. The van der Waals surface area contributed by atoms with Crippen molar-refractivity contribution in [3.63, 3.8) is 0 Å². The van der Waals surface area contributed by atoms with Crippen molar-refractivity contribution in [2.45, 2.75) is 12.6 Å². The first-order chi connectivity index (χ1) is 4.16. The molecule has 0 radical (unpaired) electrons. The molecule has 0 heterocycles. The molecule has 0 amide bonds. The number of nitrogens with one attached hydrogen (secondary N) is 1. The van der Waals surface area contributed by atoms with Crippen LogP contribution in [0.15, 0.2) is 0 Å². The molecule has 2 N–H and O–H groups in total. The molecule has 4 heteroatoms. The zero-order chi connectivity index (χ0) is 7.28. The summed E-state index contributed by atoms with van der Waals surface area (Å²) in [6.45, 7) is 0.103. The average Bonchev–Trinajstić information content (AvgIpc) is 1.63. The third-order valence-electron chi connectivity index (χ3n) is 0.822. The van der Waals surface area contributed by atoms with Crippen LogP contribution in [0, 0.1) is 0 Å². The van der Waals surface area contributed by atoms with Crippen molar-refractivity contribution in [3.05, 3.63) is 0 Å². The standard InChI is InChI=1S/C5H10FNO2/c1-7-3-4(6)2-5(8)9/h4,7H,2-3H2,1H3,(H,8,9). The van der Waals surface area contributed by atoms with Crippen LogP contribution in [0.25, 0.3) is 0 Å². The number of carboxylic acids is 1. The number of carbonyl (C=O) groups is 1. The first-order valence-corrected chi connectivity index (χ1v) is 2.67. The van der Waals surface area contributed by atoms with E-state index in [1.54, 1.807) is 7.05 Å². The Morgan fingerprint density at radius 2 is 2.44 bits per heavy atom. The van der Waals surface area contributed by atoms with Gasteiger partial charge in [0.15, 0.2) is 0 Å². The second kappa shape index (κ2) is 4.26. The Kier molecular flexibility index (Phi) is 3.96. The van der Waals surface area contributed by atoms with Crippen LogP contribution in [0.2, 0.25) is 0 Å². The molecule has 54 valence electrons. The fourth-order valence-corrected chi connectivity index (χ4v) is 0.483. The summed E-state index contributed by atoms with van der Waals surface area (Å²) in [6, 6.07) is 0. The molecule has 0 spiro atoms. The molecule has 0 saturated heterocycles. The quantitative estimate of drug-likeness (QED) is 0.571. The first-order valence-electron chi connectivity index (χ1n) is 2.67. The van der Waals surface area contributed by atoms with E-state index in [1.165, 1.54) is 0 Å². The van der Waals surface area contributed by atoms with Gasteiger partial charge in [-0.3, -0.25) is 4.79 Å². The van der Waals surface area contributed by atoms with E-state index in [0.29, 0.717) is 0 Å². The van der Waals surface area contributed by atoms with E-state index in [1.807, 2.05) is 0 Å². The third-order valence-corrected chi connectivity index (χ3v) is 0.822. The Bertz CT molecular complexity index is 97.0. The van der Waals surface area contributed by atoms with Crippen LogP contribution in [-0.2, 0) is 4.79 Å². The van der Waals surface area contributed by atoms with Gasteiger partial charge in [-0.05, 0) is 7.05 Å². The molecule has 0 aliphatic carbocycles. The highest BCUT2D eigenvalue weighted by Gasteiger charge is 2.08. The summed E-state index contributed by atoms with van der Waals surface area (Å²) in [5, 5.41) is 10.6. The Labute approximate surface area is 52.9 Å². The molecule has 9 heavy (non-hydrogen) atoms. The van der Waals surface area contributed by atoms with Crippen molar-refractivity contribution >= 4 is 5.97 Å². The van der Waals surface area contributed by atoms with E-state index in [4.69, 9.17) is 5.11 Å². The van der Waals surface area contributed by atoms with Gasteiger partial charge < -0.3 is 10.4 Å². The van der Waals surface area contributed by atoms with Crippen LogP contribution in [0.3, 0.4) is 0 Å². The van der Waals surface area contributed by atoms with Crippen molar-refractivity contribution in [1.29, 1.82) is 0 Å². The van der Waals surface area contributed by atoms with Crippen LogP contribution in [0.4, 0.5) is 4.39 Å². The molecule has 1 unspecified atom stereocenters. The number of carboxylic acid groups (broad SMARTS) is 1. The summed E-state index contributed by atoms with van der Waals surface area (Å²) in [7, 11) is 1.58. The van der Waals surface area contributed by atoms with Gasteiger partial charge in [0, 0.05) is 6.54 Å². The molecule has 0 aliphatic rings. The molecule has 0 aromatic rings. The molecule has 0 aromatic heterocycles. The molecular formula is C5H10FNO2. The summed E-state index contributed by atoms with van der Waals surface area (Å²) < 4.78 is 12.2. The molecule has 3 nitrogen and oxygen atoms in total. The lowest BCUT2D eigenvalue weighted by Crippen LogP contribution is -2.22. The van der Waals surface area contributed by atoms with E-state index >= 15 is 0 Å². The number of hydrogen-bond acceptors (Lipinski definition) is 2. The summed E-state index contributed by atoms with van der Waals surface area (Å²) in [5.41, 5.74) is 0. The monoisotopic (exact) mass is 135 g/mol. The first kappa shape index (κ1) is 8.36. The third kappa shape index (κ3) is 5.23. The van der Waals surface area contributed by atoms with Gasteiger partial charge in [-0.25, -0.2) is 4.39 Å². The van der Waals surface area contributed by atoms with Gasteiger partial charge in [-0.1, -0.05) is 0 Å². The van der Waals surface area contributed by atoms with Crippen molar-refractivity contribution in [2.75, 3.05) is 13.6 Å². The van der Waals surface area contributed by atoms with E-state index in [-0.39, 0.29) is 6.54 Å². The number of alkyl halides is 1. The lowest BCUT2D eigenvalue weighted by Gasteiger charge is -2.01. The van der Waals surface area contributed by atoms with Gasteiger partial charge >= 0.3 is 5.97 Å². The number of rotatable bonds is 4. The maximum absolute atomic E-state index is 12.2. The van der Waals surface area contributed by atoms with Crippen molar-refractivity contribution < 1.29 is 14.3 Å². The Morgan fingerprint density at radius 3 is 2.78 bits per heavy atom. The van der Waals surface area contributed by atoms with Gasteiger partial charge in [0.2, 0.25) is 0 Å². The zero-order valence-corrected chi connectivity index (χ0v) is 5.22. The molecule has 0 bridgehead atoms. The number of aliphatic carboxylic acids is 1. The maximum atomic E-state index is 12.2. The topological polar surface area (TPSA) is 49.3 Å². The molecule has 0 aliphatic heterocycles. The highest BCUT2D eigenvalue weighted by atomic mass is 19.1. The predicted octanol–water partition coefficient (Wildman–Crippen LogP) is 0.0186. The Morgan fingerprint density at radius 1 is 1.89 bits per heavy atom. The minimum Gasteiger partial charge on any atom is -0.481 e. The van der Waals surface area contributed by atoms with Gasteiger partial charge in [0.05, 0.1) is 6.42 Å². The summed E-state index contributed by atoms with van der Waals surface area (Å²) in [6.07, 6.45) is -1.69. The smallest absolute Gasteiger partial charge is 0.306 e. The molecule has 1 atom stereocenters. The van der Waals surface area contributed by atoms with Crippen LogP contribution < -0.4 is 5.32 Å². The largest absolute Gasteiger partial charge is 0.481 e. The van der Waals surface area contributed by atoms with Crippen LogP contribution >= 0.6 is 0 Å². The average molecular weight is 135 g/mol. The highest BCUT2D eigenvalue weighted by molar-refractivity contribution is 5.67. The fourth-order valence-electron chi connectivity index (χ4n) is 0.483. The number of hydrogen-bond donors (Lipinski definition) is 2. The lowest BCUT2D eigenvalue weighted by molar-refractivity contribution is -0.138. The van der Waals surface area contributed by atoms with Crippen LogP contribution in [0.5, 0.6) is 0 Å². The van der Waals surface area contributed by atoms with Crippen LogP contribution in [-0.4, -0.2) is 30.8 Å². The SMILES string of the molecule is CNCC(F)CC(=O)O. The second-order valence-electron chi connectivity index (χ2n) is 1.75. The molecule has 0 fully saturated rings. The van der Waals surface area contributed by atoms with E-state index in [2.05, 4.69) is 5.32 Å². The van der Waals surface area contributed by atoms with Crippen molar-refractivity contribution in [2.24, 2.45) is 0 Å². The predicted molar refractivity (Wildman–Crippen MR) is 31.1 cm³/mol. The Hall–Kier alpha value is -0.640.